The number of rotatable bonds is 20. The molecule has 0 fully saturated rings. The highest BCUT2D eigenvalue weighted by molar-refractivity contribution is 5.92. The van der Waals surface area contributed by atoms with Crippen LogP contribution in [0.1, 0.15) is 132 Å². The molecule has 0 aliphatic carbocycles. The molecule has 2 aromatic rings. The molecule has 2 rings (SSSR count). The molecule has 6 heteroatoms. The predicted octanol–water partition coefficient (Wildman–Crippen LogP) is 7.19. The summed E-state index contributed by atoms with van der Waals surface area (Å²) in [6, 6.07) is 3.81. The number of aromatic nitrogens is 4. The first-order valence-electron chi connectivity index (χ1n) is 13.9. The quantitative estimate of drug-likeness (QED) is 0.208. The van der Waals surface area contributed by atoms with Crippen LogP contribution in [0.2, 0.25) is 0 Å². The molecule has 6 nitrogen and oxygen atoms in total. The molecule has 192 valence electrons. The lowest BCUT2D eigenvalue weighted by atomic mass is 10.0. The van der Waals surface area contributed by atoms with E-state index in [2.05, 4.69) is 22.4 Å². The van der Waals surface area contributed by atoms with Crippen molar-refractivity contribution in [1.82, 2.24) is 24.9 Å². The molecule has 0 saturated heterocycles. The molecule has 2 aromatic heterocycles. The number of carbonyl (C=O) groups is 1. The summed E-state index contributed by atoms with van der Waals surface area (Å²) in [5, 5.41) is 11.8. The number of hydrogen-bond donors (Lipinski definition) is 1. The van der Waals surface area contributed by atoms with E-state index in [1.807, 2.05) is 30.8 Å². The fourth-order valence-corrected chi connectivity index (χ4v) is 4.48. The van der Waals surface area contributed by atoms with Gasteiger partial charge in [0, 0.05) is 18.4 Å². The van der Waals surface area contributed by atoms with E-state index in [0.717, 1.165) is 24.4 Å². The Hall–Kier alpha value is -2.11. The van der Waals surface area contributed by atoms with Crippen LogP contribution in [0.3, 0.4) is 0 Å². The largest absolute Gasteiger partial charge is 0.351 e. The summed E-state index contributed by atoms with van der Waals surface area (Å²) >= 11 is 0. The number of nitrogens with zero attached hydrogens (tertiary/aromatic N) is 4. The standard InChI is InChI=1S/C28H49N5O/c1-4-5-6-7-8-9-10-11-12-13-14-15-16-17-18-19-21-29-28(34)27-20-22-32(31-27)24-33-26(3)23-25(2)30-33/h20,22-23H,4-19,21,24H2,1-3H3,(H,29,34). The fourth-order valence-electron chi connectivity index (χ4n) is 4.48. The predicted molar refractivity (Wildman–Crippen MR) is 141 cm³/mol. The zero-order chi connectivity index (χ0) is 24.4. The minimum absolute atomic E-state index is 0.0897. The van der Waals surface area contributed by atoms with E-state index in [-0.39, 0.29) is 5.91 Å². The van der Waals surface area contributed by atoms with Crippen LogP contribution in [-0.2, 0) is 6.67 Å². The molecular weight excluding hydrogens is 422 g/mol. The molecule has 0 bridgehead atoms. The number of amides is 1. The van der Waals surface area contributed by atoms with Gasteiger partial charge in [-0.3, -0.25) is 9.48 Å². The maximum Gasteiger partial charge on any atom is 0.271 e. The molecule has 0 atom stereocenters. The summed E-state index contributed by atoms with van der Waals surface area (Å²) in [6.07, 6.45) is 23.6. The van der Waals surface area contributed by atoms with Gasteiger partial charge in [-0.25, -0.2) is 4.68 Å². The van der Waals surface area contributed by atoms with E-state index >= 15 is 0 Å². The van der Waals surface area contributed by atoms with Gasteiger partial charge < -0.3 is 5.32 Å². The third kappa shape index (κ3) is 11.8. The van der Waals surface area contributed by atoms with Crippen LogP contribution in [0, 0.1) is 13.8 Å². The second-order valence-electron chi connectivity index (χ2n) is 9.87. The zero-order valence-electron chi connectivity index (χ0n) is 22.2. The second kappa shape index (κ2) is 17.3. The van der Waals surface area contributed by atoms with Gasteiger partial charge in [0.2, 0.25) is 0 Å². The molecule has 0 spiro atoms. The Morgan fingerprint density at radius 3 is 1.82 bits per heavy atom. The van der Waals surface area contributed by atoms with E-state index in [1.165, 1.54) is 96.3 Å². The van der Waals surface area contributed by atoms with Gasteiger partial charge in [-0.15, -0.1) is 0 Å². The molecule has 0 aliphatic rings. The highest BCUT2D eigenvalue weighted by Crippen LogP contribution is 2.13. The molecule has 1 N–H and O–H groups in total. The van der Waals surface area contributed by atoms with E-state index in [9.17, 15) is 4.79 Å². The number of aryl methyl sites for hydroxylation is 2. The maximum absolute atomic E-state index is 12.3. The van der Waals surface area contributed by atoms with Crippen molar-refractivity contribution in [3.63, 3.8) is 0 Å². The molecular formula is C28H49N5O. The number of carbonyl (C=O) groups excluding carboxylic acids is 1. The average molecular weight is 472 g/mol. The summed E-state index contributed by atoms with van der Waals surface area (Å²) in [4.78, 5) is 12.3. The van der Waals surface area contributed by atoms with Gasteiger partial charge >= 0.3 is 0 Å². The van der Waals surface area contributed by atoms with Gasteiger partial charge in [-0.1, -0.05) is 103 Å². The monoisotopic (exact) mass is 471 g/mol. The molecule has 1 amide bonds. The Balaban J connectivity index is 1.39. The van der Waals surface area contributed by atoms with Crippen molar-refractivity contribution in [3.05, 3.63) is 35.4 Å². The van der Waals surface area contributed by atoms with Gasteiger partial charge in [0.15, 0.2) is 0 Å². The topological polar surface area (TPSA) is 64.7 Å². The minimum atomic E-state index is -0.0897. The van der Waals surface area contributed by atoms with Crippen LogP contribution in [0.5, 0.6) is 0 Å². The first kappa shape index (κ1) is 28.1. The molecule has 34 heavy (non-hydrogen) atoms. The Morgan fingerprint density at radius 1 is 0.794 bits per heavy atom. The Labute approximate surface area is 207 Å². The lowest BCUT2D eigenvalue weighted by molar-refractivity contribution is 0.0947. The van der Waals surface area contributed by atoms with Gasteiger partial charge in [0.1, 0.15) is 12.4 Å². The molecule has 0 aliphatic heterocycles. The third-order valence-electron chi connectivity index (χ3n) is 6.57. The summed E-state index contributed by atoms with van der Waals surface area (Å²) in [7, 11) is 0. The van der Waals surface area contributed by atoms with Crippen molar-refractivity contribution < 1.29 is 4.79 Å². The summed E-state index contributed by atoms with van der Waals surface area (Å²) in [5.74, 6) is -0.0897. The van der Waals surface area contributed by atoms with Crippen LogP contribution in [0.15, 0.2) is 18.3 Å². The van der Waals surface area contributed by atoms with Crippen molar-refractivity contribution in [2.75, 3.05) is 6.54 Å². The van der Waals surface area contributed by atoms with Crippen LogP contribution in [0.4, 0.5) is 0 Å². The smallest absolute Gasteiger partial charge is 0.271 e. The van der Waals surface area contributed by atoms with E-state index < -0.39 is 0 Å². The number of nitrogens with one attached hydrogen (secondary N) is 1. The van der Waals surface area contributed by atoms with Crippen LogP contribution >= 0.6 is 0 Å². The summed E-state index contributed by atoms with van der Waals surface area (Å²) < 4.78 is 3.64. The Morgan fingerprint density at radius 2 is 1.32 bits per heavy atom. The van der Waals surface area contributed by atoms with E-state index in [4.69, 9.17) is 0 Å². The van der Waals surface area contributed by atoms with Gasteiger partial charge in [0.25, 0.3) is 5.91 Å². The number of unbranched alkanes of at least 4 members (excludes halogenated alkanes) is 15. The highest BCUT2D eigenvalue weighted by atomic mass is 16.1. The van der Waals surface area contributed by atoms with Crippen LogP contribution in [-0.4, -0.2) is 32.0 Å². The fraction of sp³-hybridized carbons (Fsp3) is 0.750. The molecule has 2 heterocycles. The van der Waals surface area contributed by atoms with Crippen molar-refractivity contribution in [1.29, 1.82) is 0 Å². The van der Waals surface area contributed by atoms with Gasteiger partial charge in [0.05, 0.1) is 5.69 Å². The molecule has 0 saturated carbocycles. The van der Waals surface area contributed by atoms with Gasteiger partial charge in [-0.2, -0.15) is 10.2 Å². The average Bonchev–Trinajstić information content (AvgIpc) is 3.41. The number of hydrogen-bond acceptors (Lipinski definition) is 3. The van der Waals surface area contributed by atoms with Crippen LogP contribution in [0.25, 0.3) is 0 Å². The van der Waals surface area contributed by atoms with Crippen molar-refractivity contribution in [2.24, 2.45) is 0 Å². The summed E-state index contributed by atoms with van der Waals surface area (Å²) in [6.45, 7) is 7.53. The Bertz CT molecular complexity index is 795. The van der Waals surface area contributed by atoms with E-state index in [0.29, 0.717) is 12.4 Å². The van der Waals surface area contributed by atoms with Gasteiger partial charge in [-0.05, 0) is 32.4 Å². The van der Waals surface area contributed by atoms with Crippen LogP contribution < -0.4 is 5.32 Å². The maximum atomic E-state index is 12.3. The summed E-state index contributed by atoms with van der Waals surface area (Å²) in [5.41, 5.74) is 2.54. The lowest BCUT2D eigenvalue weighted by Gasteiger charge is -2.05. The van der Waals surface area contributed by atoms with Crippen molar-refractivity contribution >= 4 is 5.91 Å². The normalized spacial score (nSPS) is 11.3. The third-order valence-corrected chi connectivity index (χ3v) is 6.57. The molecule has 0 radical (unpaired) electrons. The SMILES string of the molecule is CCCCCCCCCCCCCCCCCCNC(=O)c1ccn(Cn2nc(C)cc2C)n1. The molecule has 0 unspecified atom stereocenters. The lowest BCUT2D eigenvalue weighted by Crippen LogP contribution is -2.25. The van der Waals surface area contributed by atoms with Crippen molar-refractivity contribution in [2.45, 2.75) is 130 Å². The van der Waals surface area contributed by atoms with E-state index in [1.54, 1.807) is 10.7 Å². The second-order valence-corrected chi connectivity index (χ2v) is 9.87. The minimum Gasteiger partial charge on any atom is -0.351 e. The highest BCUT2D eigenvalue weighted by Gasteiger charge is 2.10. The first-order chi connectivity index (χ1) is 16.6. The molecule has 0 aromatic carbocycles. The first-order valence-corrected chi connectivity index (χ1v) is 13.9. The zero-order valence-corrected chi connectivity index (χ0v) is 22.2. The Kier molecular flexibility index (Phi) is 14.3. The van der Waals surface area contributed by atoms with Crippen molar-refractivity contribution in [3.8, 4) is 0 Å².